The molecule has 2 aromatic carbocycles. The molecule has 1 saturated heterocycles. The lowest BCUT2D eigenvalue weighted by molar-refractivity contribution is -0.137. The Kier molecular flexibility index (Phi) is 4.68. The molecule has 0 bridgehead atoms. The molecule has 0 spiro atoms. The molecule has 0 saturated carbocycles. The highest BCUT2D eigenvalue weighted by Crippen LogP contribution is 2.37. The third-order valence-electron chi connectivity index (χ3n) is 5.27. The predicted molar refractivity (Wildman–Crippen MR) is 103 cm³/mol. The summed E-state index contributed by atoms with van der Waals surface area (Å²) in [5.41, 5.74) is 1.59. The molecule has 0 radical (unpaired) electrons. The van der Waals surface area contributed by atoms with Crippen molar-refractivity contribution in [3.8, 4) is 0 Å². The van der Waals surface area contributed by atoms with Crippen molar-refractivity contribution < 1.29 is 22.8 Å². The van der Waals surface area contributed by atoms with Crippen molar-refractivity contribution in [1.29, 1.82) is 0 Å². The minimum absolute atomic E-state index is 0.131. The van der Waals surface area contributed by atoms with E-state index in [0.29, 0.717) is 29.9 Å². The fraction of sp³-hybridized carbons (Fsp3) is 0.273. The highest BCUT2D eigenvalue weighted by molar-refractivity contribution is 6.45. The minimum atomic E-state index is -4.48. The van der Waals surface area contributed by atoms with Crippen LogP contribution in [0.2, 0.25) is 0 Å². The highest BCUT2D eigenvalue weighted by Gasteiger charge is 2.43. The van der Waals surface area contributed by atoms with Gasteiger partial charge in [0.2, 0.25) is 0 Å². The minimum Gasteiger partial charge on any atom is -0.366 e. The summed E-state index contributed by atoms with van der Waals surface area (Å²) >= 11 is 0. The molecule has 150 valence electrons. The number of carbonyl (C=O) groups is 2. The number of likely N-dealkylation sites (tertiary alicyclic amines) is 1. The van der Waals surface area contributed by atoms with E-state index in [2.05, 4.69) is 0 Å². The Hall–Kier alpha value is -3.09. The molecular weight excluding hydrogens is 381 g/mol. The van der Waals surface area contributed by atoms with Crippen molar-refractivity contribution in [3.63, 3.8) is 0 Å². The fourth-order valence-corrected chi connectivity index (χ4v) is 3.77. The third-order valence-corrected chi connectivity index (χ3v) is 5.27. The van der Waals surface area contributed by atoms with Crippen LogP contribution in [-0.4, -0.2) is 29.8 Å². The van der Waals surface area contributed by atoms with Gasteiger partial charge in [-0.05, 0) is 49.6 Å². The highest BCUT2D eigenvalue weighted by atomic mass is 19.4. The number of hydrogen-bond donors (Lipinski definition) is 0. The summed E-state index contributed by atoms with van der Waals surface area (Å²) in [4.78, 5) is 29.3. The number of alkyl halides is 3. The van der Waals surface area contributed by atoms with Crippen LogP contribution in [0.15, 0.2) is 54.2 Å². The van der Waals surface area contributed by atoms with Crippen molar-refractivity contribution in [1.82, 2.24) is 4.90 Å². The maximum absolute atomic E-state index is 13.2. The second kappa shape index (κ2) is 7.06. The number of nitrogens with zero attached hydrogens (tertiary/aromatic N) is 2. The number of hydrogen-bond acceptors (Lipinski definition) is 3. The van der Waals surface area contributed by atoms with E-state index in [1.54, 1.807) is 12.1 Å². The van der Waals surface area contributed by atoms with E-state index < -0.39 is 23.6 Å². The molecule has 2 aromatic rings. The molecule has 0 unspecified atom stereocenters. The van der Waals surface area contributed by atoms with Gasteiger partial charge in [-0.15, -0.1) is 0 Å². The maximum atomic E-state index is 13.2. The van der Waals surface area contributed by atoms with Crippen LogP contribution in [0.4, 0.5) is 18.9 Å². The first-order valence-electron chi connectivity index (χ1n) is 9.39. The van der Waals surface area contributed by atoms with Crippen molar-refractivity contribution in [2.45, 2.75) is 25.9 Å². The van der Waals surface area contributed by atoms with Gasteiger partial charge in [0.25, 0.3) is 11.8 Å². The smallest absolute Gasteiger partial charge is 0.366 e. The number of halogens is 3. The van der Waals surface area contributed by atoms with E-state index in [4.69, 9.17) is 0 Å². The van der Waals surface area contributed by atoms with Gasteiger partial charge in [0.1, 0.15) is 5.70 Å². The van der Waals surface area contributed by atoms with E-state index in [0.717, 1.165) is 47.6 Å². The fourth-order valence-electron chi connectivity index (χ4n) is 3.77. The van der Waals surface area contributed by atoms with Crippen LogP contribution in [0.5, 0.6) is 0 Å². The van der Waals surface area contributed by atoms with Crippen LogP contribution < -0.4 is 4.90 Å². The van der Waals surface area contributed by atoms with Gasteiger partial charge in [0, 0.05) is 13.1 Å². The average molecular weight is 400 g/mol. The molecule has 29 heavy (non-hydrogen) atoms. The van der Waals surface area contributed by atoms with Gasteiger partial charge in [-0.25, -0.2) is 4.90 Å². The summed E-state index contributed by atoms with van der Waals surface area (Å²) in [5.74, 6) is -1.01. The SMILES string of the molecule is Cc1ccc(C2=C(N3CCCC3)C(=O)N(c3ccc(C(F)(F)F)cc3)C2=O)cc1. The zero-order valence-electron chi connectivity index (χ0n) is 15.8. The number of rotatable bonds is 3. The predicted octanol–water partition coefficient (Wildman–Crippen LogP) is 4.39. The first-order valence-corrected chi connectivity index (χ1v) is 9.39. The van der Waals surface area contributed by atoms with Gasteiger partial charge in [0.05, 0.1) is 16.8 Å². The molecule has 1 fully saturated rings. The maximum Gasteiger partial charge on any atom is 0.416 e. The van der Waals surface area contributed by atoms with Crippen molar-refractivity contribution in [2.75, 3.05) is 18.0 Å². The van der Waals surface area contributed by atoms with Gasteiger partial charge in [0.15, 0.2) is 0 Å². The van der Waals surface area contributed by atoms with E-state index >= 15 is 0 Å². The first kappa shape index (κ1) is 19.2. The quantitative estimate of drug-likeness (QED) is 0.718. The van der Waals surface area contributed by atoms with Crippen LogP contribution in [0.25, 0.3) is 5.57 Å². The van der Waals surface area contributed by atoms with Gasteiger partial charge in [-0.2, -0.15) is 13.2 Å². The van der Waals surface area contributed by atoms with Gasteiger partial charge in [-0.1, -0.05) is 29.8 Å². The van der Waals surface area contributed by atoms with E-state index in [-0.39, 0.29) is 5.69 Å². The van der Waals surface area contributed by atoms with Crippen molar-refractivity contribution in [2.24, 2.45) is 0 Å². The first-order chi connectivity index (χ1) is 13.8. The van der Waals surface area contributed by atoms with Crippen LogP contribution in [-0.2, 0) is 15.8 Å². The van der Waals surface area contributed by atoms with E-state index in [9.17, 15) is 22.8 Å². The molecule has 2 aliphatic rings. The molecular formula is C22H19F3N2O2. The summed E-state index contributed by atoms with van der Waals surface area (Å²) in [6.07, 6.45) is -2.64. The summed E-state index contributed by atoms with van der Waals surface area (Å²) in [6, 6.07) is 11.4. The van der Waals surface area contributed by atoms with Gasteiger partial charge >= 0.3 is 6.18 Å². The molecule has 4 nitrogen and oxygen atoms in total. The summed E-state index contributed by atoms with van der Waals surface area (Å²) in [7, 11) is 0. The second-order valence-corrected chi connectivity index (χ2v) is 7.27. The molecule has 4 rings (SSSR count). The van der Waals surface area contributed by atoms with Crippen molar-refractivity contribution >= 4 is 23.1 Å². The molecule has 0 atom stereocenters. The van der Waals surface area contributed by atoms with Crippen LogP contribution in [0.1, 0.15) is 29.5 Å². The number of imide groups is 1. The van der Waals surface area contributed by atoms with Crippen LogP contribution >= 0.6 is 0 Å². The zero-order chi connectivity index (χ0) is 20.8. The summed E-state index contributed by atoms with van der Waals surface area (Å²) in [6.45, 7) is 3.27. The number of benzene rings is 2. The summed E-state index contributed by atoms with van der Waals surface area (Å²) < 4.78 is 38.6. The molecule has 0 aromatic heterocycles. The Morgan fingerprint density at radius 2 is 1.41 bits per heavy atom. The Morgan fingerprint density at radius 1 is 0.828 bits per heavy atom. The standard InChI is InChI=1S/C22H19F3N2O2/c1-14-4-6-15(7-5-14)18-19(26-12-2-3-13-26)21(29)27(20(18)28)17-10-8-16(9-11-17)22(23,24)25/h4-11H,2-3,12-13H2,1H3. The number of anilines is 1. The van der Waals surface area contributed by atoms with Crippen LogP contribution in [0.3, 0.4) is 0 Å². The lowest BCUT2D eigenvalue weighted by Gasteiger charge is -2.20. The largest absolute Gasteiger partial charge is 0.416 e. The average Bonchev–Trinajstić information content (AvgIpc) is 3.28. The third kappa shape index (κ3) is 3.41. The number of amides is 2. The topological polar surface area (TPSA) is 40.6 Å². The summed E-state index contributed by atoms with van der Waals surface area (Å²) in [5, 5.41) is 0. The monoisotopic (exact) mass is 400 g/mol. The lowest BCUT2D eigenvalue weighted by Crippen LogP contribution is -2.34. The van der Waals surface area contributed by atoms with Crippen LogP contribution in [0, 0.1) is 6.92 Å². The Bertz CT molecular complexity index is 986. The molecule has 0 aliphatic carbocycles. The lowest BCUT2D eigenvalue weighted by atomic mass is 10.0. The Morgan fingerprint density at radius 3 is 1.97 bits per heavy atom. The molecule has 0 N–H and O–H groups in total. The Labute approximate surface area is 166 Å². The van der Waals surface area contributed by atoms with E-state index in [1.165, 1.54) is 0 Å². The molecule has 2 amide bonds. The van der Waals surface area contributed by atoms with Gasteiger partial charge in [-0.3, -0.25) is 9.59 Å². The van der Waals surface area contributed by atoms with Crippen molar-refractivity contribution in [3.05, 3.63) is 70.9 Å². The molecule has 2 heterocycles. The Balaban J connectivity index is 1.77. The molecule has 2 aliphatic heterocycles. The number of carbonyl (C=O) groups excluding carboxylic acids is 2. The van der Waals surface area contributed by atoms with Gasteiger partial charge < -0.3 is 4.90 Å². The number of aryl methyl sites for hydroxylation is 1. The molecule has 7 heteroatoms. The zero-order valence-corrected chi connectivity index (χ0v) is 15.8. The second-order valence-electron chi connectivity index (χ2n) is 7.27. The van der Waals surface area contributed by atoms with E-state index in [1.807, 2.05) is 24.0 Å². The normalized spacial score (nSPS) is 17.7.